The highest BCUT2D eigenvalue weighted by atomic mass is 16.5. The molecule has 24 heavy (non-hydrogen) atoms. The Kier molecular flexibility index (Phi) is 4.57. The van der Waals surface area contributed by atoms with Crippen molar-refractivity contribution >= 4 is 11.6 Å². The highest BCUT2D eigenvalue weighted by molar-refractivity contribution is 6.08. The predicted octanol–water partition coefficient (Wildman–Crippen LogP) is 3.61. The number of carbonyl (C=O) groups excluding carboxylic acids is 2. The van der Waals surface area contributed by atoms with Gasteiger partial charge in [0.1, 0.15) is 5.75 Å². The van der Waals surface area contributed by atoms with E-state index >= 15 is 0 Å². The lowest BCUT2D eigenvalue weighted by molar-refractivity contribution is 0.0968. The molecule has 0 saturated heterocycles. The summed E-state index contributed by atoms with van der Waals surface area (Å²) in [6.45, 7) is 0.133. The summed E-state index contributed by atoms with van der Waals surface area (Å²) in [4.78, 5) is 25.0. The van der Waals surface area contributed by atoms with E-state index in [9.17, 15) is 9.59 Å². The number of rotatable bonds is 6. The number of methoxy groups -OCH3 is 1. The van der Waals surface area contributed by atoms with Crippen LogP contribution in [0.25, 0.3) is 0 Å². The third-order valence-electron chi connectivity index (χ3n) is 3.82. The van der Waals surface area contributed by atoms with Crippen molar-refractivity contribution in [3.05, 3.63) is 89.7 Å². The topological polar surface area (TPSA) is 48.3 Å². The number of ketones is 2. The quantitative estimate of drug-likeness (QED) is 0.652. The number of ether oxygens (including phenoxy) is 1. The maximum Gasteiger partial charge on any atom is 0.209 e. The molecule has 3 rings (SSSR count). The Balaban J connectivity index is 1.81. The molecule has 0 aliphatic heterocycles. The van der Waals surface area contributed by atoms with Gasteiger partial charge in [-0.25, -0.2) is 0 Å². The van der Waals surface area contributed by atoms with Crippen LogP contribution in [0.2, 0.25) is 0 Å². The van der Waals surface area contributed by atoms with Crippen LogP contribution in [-0.2, 0) is 6.54 Å². The lowest BCUT2D eigenvalue weighted by atomic mass is 10.1. The van der Waals surface area contributed by atoms with Gasteiger partial charge in [0.15, 0.2) is 5.78 Å². The van der Waals surface area contributed by atoms with Crippen molar-refractivity contribution in [2.75, 3.05) is 7.11 Å². The normalized spacial score (nSPS) is 10.4. The van der Waals surface area contributed by atoms with Crippen LogP contribution in [0.15, 0.2) is 72.9 Å². The lowest BCUT2D eigenvalue weighted by Crippen LogP contribution is -2.15. The zero-order chi connectivity index (χ0) is 16.9. The molecular formula is C20H17NO3. The Bertz CT molecular complexity index is 848. The molecule has 3 aromatic rings. The van der Waals surface area contributed by atoms with E-state index in [-0.39, 0.29) is 18.1 Å². The maximum atomic E-state index is 12.7. The average molecular weight is 319 g/mol. The van der Waals surface area contributed by atoms with Gasteiger partial charge in [0.2, 0.25) is 5.78 Å². The summed E-state index contributed by atoms with van der Waals surface area (Å²) < 4.78 is 6.79. The van der Waals surface area contributed by atoms with Crippen LogP contribution in [-0.4, -0.2) is 23.2 Å². The summed E-state index contributed by atoms with van der Waals surface area (Å²) >= 11 is 0. The smallest absolute Gasteiger partial charge is 0.209 e. The van der Waals surface area contributed by atoms with E-state index in [1.807, 2.05) is 18.2 Å². The van der Waals surface area contributed by atoms with E-state index in [0.29, 0.717) is 22.6 Å². The highest BCUT2D eigenvalue weighted by Crippen LogP contribution is 2.16. The molecule has 0 aliphatic carbocycles. The zero-order valence-electron chi connectivity index (χ0n) is 13.3. The van der Waals surface area contributed by atoms with Crippen LogP contribution in [0.3, 0.4) is 0 Å². The maximum absolute atomic E-state index is 12.7. The van der Waals surface area contributed by atoms with Gasteiger partial charge in [0.25, 0.3) is 0 Å². The van der Waals surface area contributed by atoms with Gasteiger partial charge in [-0.2, -0.15) is 0 Å². The second kappa shape index (κ2) is 6.96. The molecule has 0 unspecified atom stereocenters. The van der Waals surface area contributed by atoms with Gasteiger partial charge in [-0.15, -0.1) is 0 Å². The average Bonchev–Trinajstić information content (AvgIpc) is 3.10. The van der Waals surface area contributed by atoms with Gasteiger partial charge < -0.3 is 9.30 Å². The van der Waals surface area contributed by atoms with Gasteiger partial charge in [0, 0.05) is 17.3 Å². The Morgan fingerprint density at radius 2 is 1.58 bits per heavy atom. The van der Waals surface area contributed by atoms with Crippen LogP contribution in [0.4, 0.5) is 0 Å². The number of nitrogens with zero attached hydrogens (tertiary/aromatic N) is 1. The van der Waals surface area contributed by atoms with Crippen LogP contribution in [0.1, 0.15) is 26.4 Å². The van der Waals surface area contributed by atoms with Gasteiger partial charge in [-0.05, 0) is 36.4 Å². The number of aromatic nitrogens is 1. The molecule has 1 aromatic heterocycles. The van der Waals surface area contributed by atoms with Crippen LogP contribution >= 0.6 is 0 Å². The molecule has 2 aromatic carbocycles. The highest BCUT2D eigenvalue weighted by Gasteiger charge is 2.15. The molecule has 120 valence electrons. The van der Waals surface area contributed by atoms with Crippen molar-refractivity contribution in [2.24, 2.45) is 0 Å². The lowest BCUT2D eigenvalue weighted by Gasteiger charge is -2.08. The van der Waals surface area contributed by atoms with Crippen molar-refractivity contribution in [3.63, 3.8) is 0 Å². The van der Waals surface area contributed by atoms with Crippen LogP contribution in [0, 0.1) is 0 Å². The number of hydrogen-bond acceptors (Lipinski definition) is 3. The summed E-state index contributed by atoms with van der Waals surface area (Å²) in [7, 11) is 1.58. The molecule has 0 fully saturated rings. The van der Waals surface area contributed by atoms with Crippen molar-refractivity contribution in [3.8, 4) is 5.75 Å². The molecule has 0 saturated carbocycles. The first-order chi connectivity index (χ1) is 11.7. The summed E-state index contributed by atoms with van der Waals surface area (Å²) in [5.74, 6) is 0.542. The van der Waals surface area contributed by atoms with Crippen LogP contribution in [0.5, 0.6) is 5.75 Å². The fraction of sp³-hybridized carbons (Fsp3) is 0.100. The van der Waals surface area contributed by atoms with Crippen LogP contribution < -0.4 is 4.74 Å². The second-order valence-corrected chi connectivity index (χ2v) is 5.37. The third kappa shape index (κ3) is 3.27. The van der Waals surface area contributed by atoms with E-state index in [1.54, 1.807) is 66.4 Å². The Hall–Kier alpha value is -3.14. The molecule has 4 nitrogen and oxygen atoms in total. The Morgan fingerprint density at radius 1 is 0.875 bits per heavy atom. The number of carbonyl (C=O) groups is 2. The molecule has 0 aliphatic rings. The molecular weight excluding hydrogens is 302 g/mol. The predicted molar refractivity (Wildman–Crippen MR) is 91.6 cm³/mol. The second-order valence-electron chi connectivity index (χ2n) is 5.37. The SMILES string of the molecule is COc1ccc(C(=O)c2cccn2CC(=O)c2ccccc2)cc1. The van der Waals surface area contributed by atoms with Gasteiger partial charge in [-0.1, -0.05) is 30.3 Å². The first kappa shape index (κ1) is 15.7. The summed E-state index contributed by atoms with van der Waals surface area (Å²) in [6.07, 6.45) is 1.75. The van der Waals surface area contributed by atoms with Crippen molar-refractivity contribution < 1.29 is 14.3 Å². The molecule has 0 bridgehead atoms. The number of hydrogen-bond donors (Lipinski definition) is 0. The van der Waals surface area contributed by atoms with E-state index in [0.717, 1.165) is 0 Å². The van der Waals surface area contributed by atoms with E-state index in [4.69, 9.17) is 4.74 Å². The first-order valence-electron chi connectivity index (χ1n) is 7.61. The van der Waals surface area contributed by atoms with Gasteiger partial charge in [0.05, 0.1) is 19.3 Å². The molecule has 0 atom stereocenters. The number of Topliss-reactive ketones (excluding diaryl/α,β-unsaturated/α-hetero) is 1. The Labute approximate surface area is 140 Å². The largest absolute Gasteiger partial charge is 0.497 e. The molecule has 4 heteroatoms. The standard InChI is InChI=1S/C20H17NO3/c1-24-17-11-9-16(10-12-17)20(23)18-8-5-13-21(18)14-19(22)15-6-3-2-4-7-15/h2-13H,14H2,1H3. The van der Waals surface area contributed by atoms with Gasteiger partial charge in [-0.3, -0.25) is 9.59 Å². The fourth-order valence-corrected chi connectivity index (χ4v) is 2.52. The minimum absolute atomic E-state index is 0.0319. The van der Waals surface area contributed by atoms with E-state index in [2.05, 4.69) is 0 Å². The molecule has 0 spiro atoms. The monoisotopic (exact) mass is 319 g/mol. The fourth-order valence-electron chi connectivity index (χ4n) is 2.52. The molecule has 0 radical (unpaired) electrons. The Morgan fingerprint density at radius 3 is 2.25 bits per heavy atom. The summed E-state index contributed by atoms with van der Waals surface area (Å²) in [5.41, 5.74) is 1.68. The van der Waals surface area contributed by atoms with Crippen molar-refractivity contribution in [1.29, 1.82) is 0 Å². The number of benzene rings is 2. The van der Waals surface area contributed by atoms with E-state index in [1.165, 1.54) is 0 Å². The minimum atomic E-state index is -0.122. The summed E-state index contributed by atoms with van der Waals surface area (Å²) in [6, 6.07) is 19.5. The zero-order valence-corrected chi connectivity index (χ0v) is 13.3. The molecule has 0 N–H and O–H groups in total. The first-order valence-corrected chi connectivity index (χ1v) is 7.61. The molecule has 0 amide bonds. The van der Waals surface area contributed by atoms with E-state index < -0.39 is 0 Å². The summed E-state index contributed by atoms with van der Waals surface area (Å²) in [5, 5.41) is 0. The van der Waals surface area contributed by atoms with Crippen molar-refractivity contribution in [1.82, 2.24) is 4.57 Å². The minimum Gasteiger partial charge on any atom is -0.497 e. The third-order valence-corrected chi connectivity index (χ3v) is 3.82. The van der Waals surface area contributed by atoms with Crippen molar-refractivity contribution in [2.45, 2.75) is 6.54 Å². The van der Waals surface area contributed by atoms with Gasteiger partial charge >= 0.3 is 0 Å². The molecule has 1 heterocycles.